The number of rotatable bonds is 4. The fourth-order valence-electron chi connectivity index (χ4n) is 3.32. The molecule has 0 bridgehead atoms. The van der Waals surface area contributed by atoms with Crippen LogP contribution in [0.1, 0.15) is 37.7 Å². The summed E-state index contributed by atoms with van der Waals surface area (Å²) in [7, 11) is 0. The van der Waals surface area contributed by atoms with E-state index in [1.54, 1.807) is 6.07 Å². The van der Waals surface area contributed by atoms with Gasteiger partial charge >= 0.3 is 17.8 Å². The van der Waals surface area contributed by atoms with Crippen LogP contribution in [0.15, 0.2) is 24.3 Å². The van der Waals surface area contributed by atoms with Gasteiger partial charge in [-0.05, 0) is 12.8 Å². The smallest absolute Gasteiger partial charge is 0.263 e. The van der Waals surface area contributed by atoms with E-state index in [0.717, 1.165) is 29.1 Å². The number of carbonyl (C=O) groups is 3. The zero-order chi connectivity index (χ0) is 17.3. The van der Waals surface area contributed by atoms with Crippen molar-refractivity contribution in [3.63, 3.8) is 0 Å². The van der Waals surface area contributed by atoms with Gasteiger partial charge in [-0.15, -0.1) is 0 Å². The van der Waals surface area contributed by atoms with Crippen LogP contribution < -0.4 is 0 Å². The topological polar surface area (TPSA) is 101 Å². The molecule has 2 fully saturated rings. The van der Waals surface area contributed by atoms with Gasteiger partial charge in [-0.3, -0.25) is 29.5 Å². The van der Waals surface area contributed by atoms with Crippen molar-refractivity contribution in [3.8, 4) is 0 Å². The molecule has 1 saturated carbocycles. The Morgan fingerprint density at radius 3 is 2.38 bits per heavy atom. The standard InChI is InChI=1S/C16H17N3O5/c20-14-15(21)18(12-7-2-1-3-8-12)16(22)17(14)10-11-6-4-5-9-13(11)19(23)24/h4-6,9,12H,1-3,7-8,10H2. The molecular weight excluding hydrogens is 314 g/mol. The van der Waals surface area contributed by atoms with Crippen molar-refractivity contribution in [1.29, 1.82) is 0 Å². The maximum absolute atomic E-state index is 12.6. The first kappa shape index (κ1) is 16.1. The van der Waals surface area contributed by atoms with Gasteiger partial charge in [-0.1, -0.05) is 37.5 Å². The van der Waals surface area contributed by atoms with Crippen LogP contribution in [0.4, 0.5) is 10.5 Å². The number of benzene rings is 1. The Morgan fingerprint density at radius 2 is 1.71 bits per heavy atom. The fraction of sp³-hybridized carbons (Fsp3) is 0.438. The maximum Gasteiger partial charge on any atom is 0.334 e. The average Bonchev–Trinajstić information content (AvgIpc) is 2.79. The third-order valence-corrected chi connectivity index (χ3v) is 4.54. The third kappa shape index (κ3) is 2.75. The predicted molar refractivity (Wildman–Crippen MR) is 82.8 cm³/mol. The molecule has 1 aromatic rings. The van der Waals surface area contributed by atoms with E-state index >= 15 is 0 Å². The first-order valence-electron chi connectivity index (χ1n) is 7.92. The van der Waals surface area contributed by atoms with Crippen LogP contribution in [-0.4, -0.2) is 38.6 Å². The summed E-state index contributed by atoms with van der Waals surface area (Å²) in [5, 5.41) is 11.1. The van der Waals surface area contributed by atoms with Gasteiger partial charge in [-0.2, -0.15) is 0 Å². The number of hydrogen-bond donors (Lipinski definition) is 0. The van der Waals surface area contributed by atoms with Crippen LogP contribution in [0.2, 0.25) is 0 Å². The number of nitrogens with zero attached hydrogens (tertiary/aromatic N) is 3. The normalized spacial score (nSPS) is 19.2. The summed E-state index contributed by atoms with van der Waals surface area (Å²) >= 11 is 0. The molecular formula is C16H17N3O5. The second-order valence-corrected chi connectivity index (χ2v) is 6.03. The van der Waals surface area contributed by atoms with Crippen molar-refractivity contribution in [2.45, 2.75) is 44.7 Å². The number of amides is 4. The largest absolute Gasteiger partial charge is 0.334 e. The molecule has 1 heterocycles. The molecule has 0 spiro atoms. The van der Waals surface area contributed by atoms with Crippen molar-refractivity contribution < 1.29 is 19.3 Å². The summed E-state index contributed by atoms with van der Waals surface area (Å²) in [6.07, 6.45) is 4.29. The molecule has 126 valence electrons. The van der Waals surface area contributed by atoms with Gasteiger partial charge in [0.1, 0.15) is 0 Å². The quantitative estimate of drug-likeness (QED) is 0.364. The average molecular weight is 331 g/mol. The molecule has 8 heteroatoms. The highest BCUT2D eigenvalue weighted by Crippen LogP contribution is 2.28. The molecule has 4 amide bonds. The molecule has 1 aromatic carbocycles. The lowest BCUT2D eigenvalue weighted by Crippen LogP contribution is -2.42. The minimum absolute atomic E-state index is 0.179. The Morgan fingerprint density at radius 1 is 1.04 bits per heavy atom. The monoisotopic (exact) mass is 331 g/mol. The van der Waals surface area contributed by atoms with Crippen LogP contribution in [0.25, 0.3) is 0 Å². The van der Waals surface area contributed by atoms with E-state index in [1.165, 1.54) is 18.2 Å². The number of nitro benzene ring substituents is 1. The molecule has 1 saturated heterocycles. The van der Waals surface area contributed by atoms with Crippen molar-refractivity contribution in [2.75, 3.05) is 0 Å². The van der Waals surface area contributed by atoms with E-state index in [9.17, 15) is 24.5 Å². The van der Waals surface area contributed by atoms with Gasteiger partial charge in [0, 0.05) is 17.7 Å². The lowest BCUT2D eigenvalue weighted by Gasteiger charge is -2.28. The van der Waals surface area contributed by atoms with Gasteiger partial charge in [0.25, 0.3) is 5.69 Å². The molecule has 2 aliphatic rings. The predicted octanol–water partition coefficient (Wildman–Crippen LogP) is 2.22. The summed E-state index contributed by atoms with van der Waals surface area (Å²) < 4.78 is 0. The molecule has 0 radical (unpaired) electrons. The summed E-state index contributed by atoms with van der Waals surface area (Å²) in [5.41, 5.74) is 0.0455. The van der Waals surface area contributed by atoms with Crippen LogP contribution in [-0.2, 0) is 16.1 Å². The Kier molecular flexibility index (Phi) is 4.28. The van der Waals surface area contributed by atoms with Crippen LogP contribution >= 0.6 is 0 Å². The second kappa shape index (κ2) is 6.38. The van der Waals surface area contributed by atoms with Gasteiger partial charge < -0.3 is 0 Å². The van der Waals surface area contributed by atoms with E-state index in [1.807, 2.05) is 0 Å². The minimum Gasteiger partial charge on any atom is -0.263 e. The van der Waals surface area contributed by atoms with Crippen molar-refractivity contribution >= 4 is 23.5 Å². The molecule has 8 nitrogen and oxygen atoms in total. The highest BCUT2D eigenvalue weighted by Gasteiger charge is 2.47. The molecule has 0 aromatic heterocycles. The Hall–Kier alpha value is -2.77. The van der Waals surface area contributed by atoms with Crippen molar-refractivity contribution in [1.82, 2.24) is 9.80 Å². The SMILES string of the molecule is O=C1C(=O)N(C2CCCCC2)C(=O)N1Cc1ccccc1[N+](=O)[O-]. The molecule has 3 rings (SSSR count). The maximum atomic E-state index is 12.6. The third-order valence-electron chi connectivity index (χ3n) is 4.54. The Bertz CT molecular complexity index is 711. The highest BCUT2D eigenvalue weighted by molar-refractivity contribution is 6.44. The van der Waals surface area contributed by atoms with E-state index in [0.29, 0.717) is 12.8 Å². The summed E-state index contributed by atoms with van der Waals surface area (Å²) in [5.74, 6) is -1.74. The van der Waals surface area contributed by atoms with Crippen LogP contribution in [0, 0.1) is 10.1 Å². The first-order valence-corrected chi connectivity index (χ1v) is 7.92. The Labute approximate surface area is 138 Å². The zero-order valence-corrected chi connectivity index (χ0v) is 13.0. The number of carbonyl (C=O) groups excluding carboxylic acids is 3. The number of hydrogen-bond acceptors (Lipinski definition) is 5. The number of para-hydroxylation sites is 1. The number of nitro groups is 1. The minimum atomic E-state index is -0.913. The molecule has 1 aliphatic carbocycles. The molecule has 0 unspecified atom stereocenters. The number of imide groups is 2. The molecule has 0 N–H and O–H groups in total. The number of urea groups is 1. The molecule has 0 atom stereocenters. The van der Waals surface area contributed by atoms with Crippen LogP contribution in [0.5, 0.6) is 0 Å². The lowest BCUT2D eigenvalue weighted by atomic mass is 9.94. The lowest BCUT2D eigenvalue weighted by molar-refractivity contribution is -0.385. The molecule has 24 heavy (non-hydrogen) atoms. The molecule has 1 aliphatic heterocycles. The van der Waals surface area contributed by atoms with Crippen LogP contribution in [0.3, 0.4) is 0 Å². The Balaban J connectivity index is 1.84. The summed E-state index contributed by atoms with van der Waals surface area (Å²) in [6.45, 7) is -0.274. The summed E-state index contributed by atoms with van der Waals surface area (Å²) in [6, 6.07) is 4.96. The van der Waals surface area contributed by atoms with E-state index in [2.05, 4.69) is 0 Å². The van der Waals surface area contributed by atoms with Gasteiger partial charge in [0.2, 0.25) is 0 Å². The van der Waals surface area contributed by atoms with Crippen molar-refractivity contribution in [3.05, 3.63) is 39.9 Å². The van der Waals surface area contributed by atoms with Gasteiger partial charge in [-0.25, -0.2) is 4.79 Å². The first-order chi connectivity index (χ1) is 11.5. The van der Waals surface area contributed by atoms with E-state index in [-0.39, 0.29) is 23.8 Å². The highest BCUT2D eigenvalue weighted by atomic mass is 16.6. The van der Waals surface area contributed by atoms with E-state index < -0.39 is 22.8 Å². The second-order valence-electron chi connectivity index (χ2n) is 6.03. The van der Waals surface area contributed by atoms with E-state index in [4.69, 9.17) is 0 Å². The van der Waals surface area contributed by atoms with Crippen molar-refractivity contribution in [2.24, 2.45) is 0 Å². The zero-order valence-electron chi connectivity index (χ0n) is 13.0. The fourth-order valence-corrected chi connectivity index (χ4v) is 3.32. The van der Waals surface area contributed by atoms with Gasteiger partial charge in [0.05, 0.1) is 11.5 Å². The summed E-state index contributed by atoms with van der Waals surface area (Å²) in [4.78, 5) is 49.3. The van der Waals surface area contributed by atoms with Gasteiger partial charge in [0.15, 0.2) is 0 Å².